The van der Waals surface area contributed by atoms with Crippen LogP contribution in [0, 0.1) is 6.92 Å². The Bertz CT molecular complexity index is 445. The molecule has 0 atom stereocenters. The average Bonchev–Trinajstić information content (AvgIpc) is 2.42. The Morgan fingerprint density at radius 2 is 1.95 bits per heavy atom. The molecule has 0 aromatic carbocycles. The molecular weight excluding hydrogens is 254 g/mol. The molecule has 0 bridgehead atoms. The van der Waals surface area contributed by atoms with Crippen molar-refractivity contribution in [2.45, 2.75) is 27.7 Å². The van der Waals surface area contributed by atoms with Crippen molar-refractivity contribution in [2.75, 3.05) is 43.4 Å². The van der Waals surface area contributed by atoms with Crippen molar-refractivity contribution in [3.05, 3.63) is 11.8 Å². The highest BCUT2D eigenvalue weighted by Crippen LogP contribution is 2.16. The Kier molecular flexibility index (Phi) is 6.21. The minimum Gasteiger partial charge on any atom is -0.354 e. The fourth-order valence-corrected chi connectivity index (χ4v) is 2.02. The highest BCUT2D eigenvalue weighted by molar-refractivity contribution is 5.81. The molecule has 1 amide bonds. The quantitative estimate of drug-likeness (QED) is 0.820. The number of amides is 1. The van der Waals surface area contributed by atoms with Gasteiger partial charge < -0.3 is 15.1 Å². The number of hydrogen-bond donors (Lipinski definition) is 1. The van der Waals surface area contributed by atoms with Gasteiger partial charge in [0.25, 0.3) is 0 Å². The number of carbonyl (C=O) groups is 1. The molecule has 1 rings (SSSR count). The molecule has 0 spiro atoms. The predicted octanol–water partition coefficient (Wildman–Crippen LogP) is 1.52. The van der Waals surface area contributed by atoms with E-state index in [-0.39, 0.29) is 5.91 Å². The third-order valence-corrected chi connectivity index (χ3v) is 3.13. The van der Waals surface area contributed by atoms with Gasteiger partial charge >= 0.3 is 0 Å². The van der Waals surface area contributed by atoms with Gasteiger partial charge in [0.1, 0.15) is 5.82 Å². The lowest BCUT2D eigenvalue weighted by Crippen LogP contribution is -2.39. The van der Waals surface area contributed by atoms with Crippen LogP contribution in [-0.4, -0.2) is 54.0 Å². The van der Waals surface area contributed by atoms with Crippen molar-refractivity contribution in [1.29, 1.82) is 0 Å². The number of nitrogens with one attached hydrogen (secondary N) is 1. The van der Waals surface area contributed by atoms with Crippen LogP contribution in [0.2, 0.25) is 0 Å². The number of anilines is 2. The standard InChI is InChI=1S/C14H25N5O/c1-6-15-14-16-9-11(4)13(17-14)18(5)10-12(20)19(7-2)8-3/h9H,6-8,10H2,1-5H3,(H,15,16,17). The molecule has 0 aliphatic rings. The molecule has 0 fully saturated rings. The fourth-order valence-electron chi connectivity index (χ4n) is 2.02. The molecule has 112 valence electrons. The summed E-state index contributed by atoms with van der Waals surface area (Å²) in [7, 11) is 1.88. The molecule has 0 radical (unpaired) electrons. The Morgan fingerprint density at radius 1 is 1.30 bits per heavy atom. The van der Waals surface area contributed by atoms with Gasteiger partial charge in [-0.15, -0.1) is 0 Å². The van der Waals surface area contributed by atoms with Crippen molar-refractivity contribution in [1.82, 2.24) is 14.9 Å². The van der Waals surface area contributed by atoms with Crippen LogP contribution >= 0.6 is 0 Å². The summed E-state index contributed by atoms with van der Waals surface area (Å²) in [5.41, 5.74) is 0.960. The van der Waals surface area contributed by atoms with Gasteiger partial charge in [-0.1, -0.05) is 0 Å². The first-order chi connectivity index (χ1) is 9.53. The highest BCUT2D eigenvalue weighted by Gasteiger charge is 2.15. The monoisotopic (exact) mass is 279 g/mol. The van der Waals surface area contributed by atoms with Crippen LogP contribution in [0.4, 0.5) is 11.8 Å². The van der Waals surface area contributed by atoms with E-state index in [1.54, 1.807) is 6.20 Å². The second kappa shape index (κ2) is 7.67. The molecule has 0 unspecified atom stereocenters. The zero-order chi connectivity index (χ0) is 15.1. The molecule has 1 heterocycles. The lowest BCUT2D eigenvalue weighted by molar-refractivity contribution is -0.129. The minimum atomic E-state index is 0.112. The van der Waals surface area contributed by atoms with Gasteiger partial charge in [0.05, 0.1) is 6.54 Å². The van der Waals surface area contributed by atoms with Crippen LogP contribution in [0.25, 0.3) is 0 Å². The first kappa shape index (κ1) is 16.2. The van der Waals surface area contributed by atoms with E-state index < -0.39 is 0 Å². The summed E-state index contributed by atoms with van der Waals surface area (Å²) >= 11 is 0. The third-order valence-electron chi connectivity index (χ3n) is 3.13. The van der Waals surface area contributed by atoms with E-state index in [9.17, 15) is 4.79 Å². The summed E-state index contributed by atoms with van der Waals surface area (Å²) in [6, 6.07) is 0. The summed E-state index contributed by atoms with van der Waals surface area (Å²) < 4.78 is 0. The third kappa shape index (κ3) is 4.08. The minimum absolute atomic E-state index is 0.112. The molecule has 0 saturated heterocycles. The number of aryl methyl sites for hydroxylation is 1. The number of likely N-dealkylation sites (N-methyl/N-ethyl adjacent to an activating group) is 2. The summed E-state index contributed by atoms with van der Waals surface area (Å²) in [5, 5.41) is 3.08. The SMILES string of the molecule is CCNc1ncc(C)c(N(C)CC(=O)N(CC)CC)n1. The van der Waals surface area contributed by atoms with Crippen molar-refractivity contribution in [2.24, 2.45) is 0 Å². The van der Waals surface area contributed by atoms with Crippen molar-refractivity contribution in [3.63, 3.8) is 0 Å². The molecule has 1 aromatic heterocycles. The molecule has 0 aliphatic heterocycles. The van der Waals surface area contributed by atoms with Gasteiger partial charge in [-0.05, 0) is 27.7 Å². The molecule has 1 aromatic rings. The van der Waals surface area contributed by atoms with Crippen molar-refractivity contribution < 1.29 is 4.79 Å². The van der Waals surface area contributed by atoms with Crippen molar-refractivity contribution in [3.8, 4) is 0 Å². The van der Waals surface area contributed by atoms with Gasteiger partial charge in [-0.25, -0.2) is 4.98 Å². The van der Waals surface area contributed by atoms with E-state index in [2.05, 4.69) is 15.3 Å². The van der Waals surface area contributed by atoms with E-state index >= 15 is 0 Å². The molecular formula is C14H25N5O. The zero-order valence-corrected chi connectivity index (χ0v) is 13.1. The van der Waals surface area contributed by atoms with E-state index in [0.717, 1.165) is 31.0 Å². The highest BCUT2D eigenvalue weighted by atomic mass is 16.2. The number of nitrogens with zero attached hydrogens (tertiary/aromatic N) is 4. The Balaban J connectivity index is 2.83. The number of aromatic nitrogens is 2. The Labute approximate surface area is 121 Å². The molecule has 0 saturated carbocycles. The normalized spacial score (nSPS) is 10.2. The molecule has 0 aliphatic carbocycles. The van der Waals surface area contributed by atoms with Gasteiger partial charge in [0.2, 0.25) is 11.9 Å². The summed E-state index contributed by atoms with van der Waals surface area (Å²) in [4.78, 5) is 24.5. The predicted molar refractivity (Wildman–Crippen MR) is 82.1 cm³/mol. The second-order valence-corrected chi connectivity index (χ2v) is 4.65. The lowest BCUT2D eigenvalue weighted by Gasteiger charge is -2.24. The van der Waals surface area contributed by atoms with Crippen LogP contribution < -0.4 is 10.2 Å². The Hall–Kier alpha value is -1.85. The van der Waals surface area contributed by atoms with Crippen LogP contribution in [0.1, 0.15) is 26.3 Å². The van der Waals surface area contributed by atoms with Crippen LogP contribution in [-0.2, 0) is 4.79 Å². The summed E-state index contributed by atoms with van der Waals surface area (Å²) in [6.45, 7) is 10.5. The van der Waals surface area contributed by atoms with E-state index in [1.165, 1.54) is 0 Å². The maximum absolute atomic E-state index is 12.1. The van der Waals surface area contributed by atoms with Gasteiger partial charge in [-0.3, -0.25) is 4.79 Å². The lowest BCUT2D eigenvalue weighted by atomic mass is 10.3. The topological polar surface area (TPSA) is 61.4 Å². The molecule has 6 heteroatoms. The second-order valence-electron chi connectivity index (χ2n) is 4.65. The number of carbonyl (C=O) groups excluding carboxylic acids is 1. The van der Waals surface area contributed by atoms with E-state index in [0.29, 0.717) is 12.5 Å². The van der Waals surface area contributed by atoms with E-state index in [4.69, 9.17) is 0 Å². The molecule has 1 N–H and O–H groups in total. The Morgan fingerprint density at radius 3 is 2.50 bits per heavy atom. The number of rotatable bonds is 7. The van der Waals surface area contributed by atoms with Gasteiger partial charge in [0, 0.05) is 38.4 Å². The molecule has 6 nitrogen and oxygen atoms in total. The first-order valence-corrected chi connectivity index (χ1v) is 7.09. The van der Waals surface area contributed by atoms with Crippen molar-refractivity contribution >= 4 is 17.7 Å². The van der Waals surface area contributed by atoms with Gasteiger partial charge in [0.15, 0.2) is 0 Å². The van der Waals surface area contributed by atoms with Crippen LogP contribution in [0.15, 0.2) is 6.20 Å². The maximum Gasteiger partial charge on any atom is 0.242 e. The van der Waals surface area contributed by atoms with Crippen LogP contribution in [0.5, 0.6) is 0 Å². The summed E-state index contributed by atoms with van der Waals surface area (Å²) in [5.74, 6) is 1.49. The summed E-state index contributed by atoms with van der Waals surface area (Å²) in [6.07, 6.45) is 1.78. The smallest absolute Gasteiger partial charge is 0.242 e. The zero-order valence-electron chi connectivity index (χ0n) is 13.1. The fraction of sp³-hybridized carbons (Fsp3) is 0.643. The largest absolute Gasteiger partial charge is 0.354 e. The maximum atomic E-state index is 12.1. The average molecular weight is 279 g/mol. The van der Waals surface area contributed by atoms with Gasteiger partial charge in [-0.2, -0.15) is 4.98 Å². The van der Waals surface area contributed by atoms with Crippen LogP contribution in [0.3, 0.4) is 0 Å². The number of hydrogen-bond acceptors (Lipinski definition) is 5. The molecule has 20 heavy (non-hydrogen) atoms. The first-order valence-electron chi connectivity index (χ1n) is 7.09. The van der Waals surface area contributed by atoms with E-state index in [1.807, 2.05) is 44.5 Å².